The number of hydrogen-bond acceptors (Lipinski definition) is 1. The zero-order valence-electron chi connectivity index (χ0n) is 12.2. The third kappa shape index (κ3) is 4.92. The highest BCUT2D eigenvalue weighted by atomic mass is 79.9. The first kappa shape index (κ1) is 15.1. The monoisotopic (exact) mass is 323 g/mol. The second kappa shape index (κ2) is 7.44. The Morgan fingerprint density at radius 2 is 2.00 bits per heavy atom. The third-order valence-corrected chi connectivity index (χ3v) is 4.60. The Morgan fingerprint density at radius 3 is 2.63 bits per heavy atom. The molecule has 0 radical (unpaired) electrons. The summed E-state index contributed by atoms with van der Waals surface area (Å²) in [4.78, 5) is 2.72. The zero-order chi connectivity index (χ0) is 13.7. The minimum absolute atomic E-state index is 0.798. The maximum atomic E-state index is 3.58. The van der Waals surface area contributed by atoms with E-state index in [1.165, 1.54) is 48.7 Å². The van der Waals surface area contributed by atoms with Gasteiger partial charge in [0.05, 0.1) is 0 Å². The second-order valence-corrected chi connectivity index (χ2v) is 7.14. The van der Waals surface area contributed by atoms with Crippen LogP contribution >= 0.6 is 15.9 Å². The molecule has 0 saturated heterocycles. The summed E-state index contributed by atoms with van der Waals surface area (Å²) < 4.78 is 1.19. The van der Waals surface area contributed by atoms with Gasteiger partial charge in [0, 0.05) is 17.1 Å². The predicted octanol–water partition coefficient (Wildman–Crippen LogP) is 5.24. The van der Waals surface area contributed by atoms with Crippen LogP contribution in [0.1, 0.15) is 51.5 Å². The summed E-state index contributed by atoms with van der Waals surface area (Å²) in [6, 6.07) is 9.59. The first-order chi connectivity index (χ1) is 9.15. The fourth-order valence-corrected chi connectivity index (χ4v) is 3.40. The van der Waals surface area contributed by atoms with Gasteiger partial charge < -0.3 is 0 Å². The number of halogens is 1. The zero-order valence-corrected chi connectivity index (χ0v) is 13.8. The van der Waals surface area contributed by atoms with Gasteiger partial charge in [-0.15, -0.1) is 0 Å². The number of nitrogens with zero attached hydrogens (tertiary/aromatic N) is 1. The van der Waals surface area contributed by atoms with E-state index < -0.39 is 0 Å². The van der Waals surface area contributed by atoms with Crippen LogP contribution in [-0.2, 0) is 6.54 Å². The van der Waals surface area contributed by atoms with Crippen LogP contribution in [0.3, 0.4) is 0 Å². The summed E-state index contributed by atoms with van der Waals surface area (Å²) >= 11 is 3.58. The van der Waals surface area contributed by atoms with Crippen LogP contribution in [0, 0.1) is 5.92 Å². The summed E-state index contributed by atoms with van der Waals surface area (Å²) in [7, 11) is 0. The Hall–Kier alpha value is -0.340. The van der Waals surface area contributed by atoms with Crippen LogP contribution in [-0.4, -0.2) is 17.5 Å². The lowest BCUT2D eigenvalue weighted by Crippen LogP contribution is -2.34. The predicted molar refractivity (Wildman–Crippen MR) is 86.3 cm³/mol. The quantitative estimate of drug-likeness (QED) is 0.692. The molecule has 0 spiro atoms. The standard InChI is InChI=1S/C17H26BrN/c1-14(2)10-11-19(17-8-3-4-9-17)13-15-6-5-7-16(18)12-15/h5-7,12,14,17H,3-4,8-11,13H2,1-2H3. The van der Waals surface area contributed by atoms with Gasteiger partial charge in [0.15, 0.2) is 0 Å². The smallest absolute Gasteiger partial charge is 0.0237 e. The molecule has 1 aliphatic carbocycles. The van der Waals surface area contributed by atoms with Crippen molar-refractivity contribution in [1.29, 1.82) is 0 Å². The van der Waals surface area contributed by atoms with Gasteiger partial charge in [-0.05, 0) is 49.4 Å². The molecule has 1 aromatic carbocycles. The molecule has 1 aromatic rings. The molecule has 19 heavy (non-hydrogen) atoms. The van der Waals surface area contributed by atoms with Crippen molar-refractivity contribution in [2.45, 2.75) is 58.5 Å². The molecule has 0 bridgehead atoms. The fraction of sp³-hybridized carbons (Fsp3) is 0.647. The highest BCUT2D eigenvalue weighted by molar-refractivity contribution is 9.10. The number of hydrogen-bond donors (Lipinski definition) is 0. The van der Waals surface area contributed by atoms with Gasteiger partial charge >= 0.3 is 0 Å². The maximum Gasteiger partial charge on any atom is 0.0237 e. The van der Waals surface area contributed by atoms with E-state index in [2.05, 4.69) is 58.9 Å². The molecule has 0 amide bonds. The number of benzene rings is 1. The van der Waals surface area contributed by atoms with Gasteiger partial charge in [0.1, 0.15) is 0 Å². The lowest BCUT2D eigenvalue weighted by atomic mass is 10.1. The van der Waals surface area contributed by atoms with Crippen LogP contribution in [0.2, 0.25) is 0 Å². The van der Waals surface area contributed by atoms with E-state index in [-0.39, 0.29) is 0 Å². The van der Waals surface area contributed by atoms with Crippen LogP contribution in [0.5, 0.6) is 0 Å². The van der Waals surface area contributed by atoms with Gasteiger partial charge in [-0.1, -0.05) is 54.8 Å². The van der Waals surface area contributed by atoms with Gasteiger partial charge in [-0.3, -0.25) is 4.90 Å². The molecule has 1 saturated carbocycles. The van der Waals surface area contributed by atoms with Crippen molar-refractivity contribution in [2.75, 3.05) is 6.54 Å². The maximum absolute atomic E-state index is 3.58. The molecule has 2 rings (SSSR count). The van der Waals surface area contributed by atoms with E-state index in [0.717, 1.165) is 18.5 Å². The van der Waals surface area contributed by atoms with Crippen LogP contribution in [0.25, 0.3) is 0 Å². The first-order valence-electron chi connectivity index (χ1n) is 7.63. The third-order valence-electron chi connectivity index (χ3n) is 4.11. The van der Waals surface area contributed by atoms with E-state index in [9.17, 15) is 0 Å². The Kier molecular flexibility index (Phi) is 5.90. The molecular formula is C17H26BrN. The molecule has 0 unspecified atom stereocenters. The second-order valence-electron chi connectivity index (χ2n) is 6.22. The molecule has 1 fully saturated rings. The van der Waals surface area contributed by atoms with E-state index in [4.69, 9.17) is 0 Å². The van der Waals surface area contributed by atoms with Crippen LogP contribution < -0.4 is 0 Å². The van der Waals surface area contributed by atoms with E-state index in [0.29, 0.717) is 0 Å². The largest absolute Gasteiger partial charge is 0.296 e. The highest BCUT2D eigenvalue weighted by Gasteiger charge is 2.22. The number of rotatable bonds is 6. The summed E-state index contributed by atoms with van der Waals surface area (Å²) in [5.74, 6) is 0.798. The molecule has 0 aromatic heterocycles. The summed E-state index contributed by atoms with van der Waals surface area (Å²) in [6.45, 7) is 7.00. The van der Waals surface area contributed by atoms with E-state index in [1.54, 1.807) is 0 Å². The Balaban J connectivity index is 1.99. The van der Waals surface area contributed by atoms with Crippen molar-refractivity contribution in [3.63, 3.8) is 0 Å². The van der Waals surface area contributed by atoms with Gasteiger partial charge in [0.2, 0.25) is 0 Å². The molecule has 0 atom stereocenters. The summed E-state index contributed by atoms with van der Waals surface area (Å²) in [5, 5.41) is 0. The average molecular weight is 324 g/mol. The molecule has 0 heterocycles. The molecule has 0 aliphatic heterocycles. The molecule has 0 N–H and O–H groups in total. The lowest BCUT2D eigenvalue weighted by molar-refractivity contribution is 0.179. The van der Waals surface area contributed by atoms with E-state index in [1.807, 2.05) is 0 Å². The minimum atomic E-state index is 0.798. The van der Waals surface area contributed by atoms with Crippen LogP contribution in [0.15, 0.2) is 28.7 Å². The molecule has 2 heteroatoms. The summed E-state index contributed by atoms with van der Waals surface area (Å²) in [5.41, 5.74) is 1.44. The first-order valence-corrected chi connectivity index (χ1v) is 8.43. The highest BCUT2D eigenvalue weighted by Crippen LogP contribution is 2.26. The fourth-order valence-electron chi connectivity index (χ4n) is 2.95. The van der Waals surface area contributed by atoms with E-state index >= 15 is 0 Å². The molecule has 1 nitrogen and oxygen atoms in total. The minimum Gasteiger partial charge on any atom is -0.296 e. The Morgan fingerprint density at radius 1 is 1.26 bits per heavy atom. The normalized spacial score (nSPS) is 16.7. The molecule has 1 aliphatic rings. The SMILES string of the molecule is CC(C)CCN(Cc1cccc(Br)c1)C1CCCC1. The van der Waals surface area contributed by atoms with Crippen molar-refractivity contribution < 1.29 is 0 Å². The van der Waals surface area contributed by atoms with Gasteiger partial charge in [0.25, 0.3) is 0 Å². The average Bonchev–Trinajstić information content (AvgIpc) is 2.88. The van der Waals surface area contributed by atoms with Crippen molar-refractivity contribution in [3.8, 4) is 0 Å². The van der Waals surface area contributed by atoms with Crippen molar-refractivity contribution in [1.82, 2.24) is 4.90 Å². The van der Waals surface area contributed by atoms with Gasteiger partial charge in [-0.25, -0.2) is 0 Å². The molecular weight excluding hydrogens is 298 g/mol. The van der Waals surface area contributed by atoms with Crippen molar-refractivity contribution in [3.05, 3.63) is 34.3 Å². The Labute approximate surface area is 126 Å². The Bertz CT molecular complexity index is 383. The van der Waals surface area contributed by atoms with Crippen molar-refractivity contribution >= 4 is 15.9 Å². The van der Waals surface area contributed by atoms with Gasteiger partial charge in [-0.2, -0.15) is 0 Å². The lowest BCUT2D eigenvalue weighted by Gasteiger charge is -2.29. The summed E-state index contributed by atoms with van der Waals surface area (Å²) in [6.07, 6.45) is 6.94. The molecule has 106 valence electrons. The van der Waals surface area contributed by atoms with Crippen LogP contribution in [0.4, 0.5) is 0 Å². The van der Waals surface area contributed by atoms with Crippen molar-refractivity contribution in [2.24, 2.45) is 5.92 Å². The topological polar surface area (TPSA) is 3.24 Å².